The summed E-state index contributed by atoms with van der Waals surface area (Å²) in [5.74, 6) is 0.950. The minimum Gasteiger partial charge on any atom is -0.364 e. The summed E-state index contributed by atoms with van der Waals surface area (Å²) < 4.78 is 45.5. The summed E-state index contributed by atoms with van der Waals surface area (Å²) in [5, 5.41) is 8.41. The minimum absolute atomic E-state index is 0.0473. The number of hydrogen-bond donors (Lipinski definition) is 3. The van der Waals surface area contributed by atoms with Crippen LogP contribution in [0.1, 0.15) is 36.9 Å². The van der Waals surface area contributed by atoms with Crippen LogP contribution >= 0.6 is 11.6 Å². The van der Waals surface area contributed by atoms with Gasteiger partial charge in [-0.05, 0) is 49.2 Å². The van der Waals surface area contributed by atoms with Gasteiger partial charge in [-0.3, -0.25) is 5.43 Å². The quantitative estimate of drug-likeness (QED) is 0.396. The molecule has 200 valence electrons. The van der Waals surface area contributed by atoms with Crippen LogP contribution in [0.25, 0.3) is 0 Å². The van der Waals surface area contributed by atoms with Crippen molar-refractivity contribution in [3.05, 3.63) is 64.7 Å². The molecular weight excluding hydrogens is 525 g/mol. The Balaban J connectivity index is 1.36. The number of amides is 2. The molecule has 3 heterocycles. The first-order valence-corrected chi connectivity index (χ1v) is 12.2. The zero-order chi connectivity index (χ0) is 27.0. The number of urea groups is 1. The summed E-state index contributed by atoms with van der Waals surface area (Å²) in [6.07, 6.45) is -2.87. The number of hydrogen-bond acceptors (Lipinski definition) is 8. The Hall–Kier alpha value is -3.68. The van der Waals surface area contributed by atoms with E-state index in [1.807, 2.05) is 24.9 Å². The molecule has 38 heavy (non-hydrogen) atoms. The van der Waals surface area contributed by atoms with Gasteiger partial charge < -0.3 is 15.4 Å². The van der Waals surface area contributed by atoms with Crippen LogP contribution in [0.4, 0.5) is 41.0 Å². The van der Waals surface area contributed by atoms with Crippen molar-refractivity contribution in [2.24, 2.45) is 0 Å². The Bertz CT molecular complexity index is 1360. The molecular formula is C24H24ClF3N8O2. The molecule has 5 rings (SSSR count). The molecule has 3 aromatic rings. The van der Waals surface area contributed by atoms with Crippen molar-refractivity contribution in [2.45, 2.75) is 38.7 Å². The van der Waals surface area contributed by atoms with Crippen LogP contribution in [0.5, 0.6) is 0 Å². The van der Waals surface area contributed by atoms with Crippen LogP contribution in [0.15, 0.2) is 42.7 Å². The van der Waals surface area contributed by atoms with Gasteiger partial charge in [-0.1, -0.05) is 24.6 Å². The number of ether oxygens (including phenoxy) is 1. The Morgan fingerprint density at radius 1 is 1.13 bits per heavy atom. The molecule has 10 nitrogen and oxygen atoms in total. The number of benzene rings is 2. The zero-order valence-corrected chi connectivity index (χ0v) is 21.1. The maximum Gasteiger partial charge on any atom is 0.417 e. The topological polar surface area (TPSA) is 108 Å². The fourth-order valence-corrected chi connectivity index (χ4v) is 4.56. The summed E-state index contributed by atoms with van der Waals surface area (Å²) in [5.41, 5.74) is 4.35. The average Bonchev–Trinajstić information content (AvgIpc) is 2.93. The van der Waals surface area contributed by atoms with Crippen molar-refractivity contribution in [1.29, 1.82) is 0 Å². The van der Waals surface area contributed by atoms with Gasteiger partial charge >= 0.3 is 12.2 Å². The molecule has 0 spiro atoms. The van der Waals surface area contributed by atoms with Gasteiger partial charge in [0.1, 0.15) is 12.4 Å². The minimum atomic E-state index is -4.65. The number of carbonyl (C=O) groups is 1. The lowest BCUT2D eigenvalue weighted by molar-refractivity contribution is -0.137. The van der Waals surface area contributed by atoms with Gasteiger partial charge in [0.15, 0.2) is 5.82 Å². The predicted octanol–water partition coefficient (Wildman–Crippen LogP) is 5.27. The van der Waals surface area contributed by atoms with E-state index in [0.717, 1.165) is 17.7 Å². The third-order valence-electron chi connectivity index (χ3n) is 6.08. The van der Waals surface area contributed by atoms with E-state index in [2.05, 4.69) is 31.0 Å². The number of nitrogens with zero attached hydrogens (tertiary/aromatic N) is 5. The fourth-order valence-electron chi connectivity index (χ4n) is 4.33. The number of aryl methyl sites for hydroxylation is 1. The molecule has 4 bridgehead atoms. The second kappa shape index (κ2) is 10.2. The molecule has 2 amide bonds. The first kappa shape index (κ1) is 25.9. The lowest BCUT2D eigenvalue weighted by atomic mass is 10.1. The van der Waals surface area contributed by atoms with Crippen LogP contribution in [0.2, 0.25) is 5.02 Å². The molecule has 1 aromatic heterocycles. The predicted molar refractivity (Wildman–Crippen MR) is 136 cm³/mol. The highest BCUT2D eigenvalue weighted by Gasteiger charge is 2.36. The lowest BCUT2D eigenvalue weighted by Gasteiger charge is -2.40. The first-order valence-electron chi connectivity index (χ1n) is 11.8. The Kier molecular flexibility index (Phi) is 6.99. The summed E-state index contributed by atoms with van der Waals surface area (Å²) in [7, 11) is 0. The van der Waals surface area contributed by atoms with Gasteiger partial charge in [0.05, 0.1) is 28.9 Å². The van der Waals surface area contributed by atoms with Gasteiger partial charge in [-0.25, -0.2) is 9.78 Å². The normalized spacial score (nSPS) is 20.5. The largest absolute Gasteiger partial charge is 0.417 e. The second-order valence-corrected chi connectivity index (χ2v) is 9.28. The molecule has 2 aliphatic rings. The smallest absolute Gasteiger partial charge is 0.364 e. The molecule has 0 saturated carbocycles. The summed E-state index contributed by atoms with van der Waals surface area (Å²) in [6, 6.07) is 7.75. The molecule has 1 saturated heterocycles. The van der Waals surface area contributed by atoms with E-state index in [9.17, 15) is 18.0 Å². The average molecular weight is 549 g/mol. The summed E-state index contributed by atoms with van der Waals surface area (Å²) >= 11 is 5.66. The summed E-state index contributed by atoms with van der Waals surface area (Å²) in [6.45, 7) is 5.08. The third kappa shape index (κ3) is 5.44. The molecule has 3 N–H and O–H groups in total. The number of aromatic nitrogens is 3. The van der Waals surface area contributed by atoms with Gasteiger partial charge in [-0.15, -0.1) is 0 Å². The van der Waals surface area contributed by atoms with Crippen molar-refractivity contribution in [3.8, 4) is 0 Å². The second-order valence-electron chi connectivity index (χ2n) is 8.87. The van der Waals surface area contributed by atoms with Crippen molar-refractivity contribution in [3.63, 3.8) is 0 Å². The van der Waals surface area contributed by atoms with Crippen LogP contribution in [-0.2, 0) is 17.3 Å². The lowest BCUT2D eigenvalue weighted by Crippen LogP contribution is -2.54. The molecule has 2 aromatic carbocycles. The highest BCUT2D eigenvalue weighted by molar-refractivity contribution is 6.31. The fraction of sp³-hybridized carbons (Fsp3) is 0.333. The highest BCUT2D eigenvalue weighted by Crippen LogP contribution is 2.36. The molecule has 3 unspecified atom stereocenters. The Morgan fingerprint density at radius 2 is 1.87 bits per heavy atom. The maximum absolute atomic E-state index is 13.2. The van der Waals surface area contributed by atoms with E-state index in [0.29, 0.717) is 42.7 Å². The Labute approximate surface area is 221 Å². The zero-order valence-electron chi connectivity index (χ0n) is 20.4. The van der Waals surface area contributed by atoms with Crippen molar-refractivity contribution in [2.75, 3.05) is 34.3 Å². The number of alkyl halides is 3. The number of rotatable bonds is 5. The maximum atomic E-state index is 13.2. The Morgan fingerprint density at radius 3 is 2.61 bits per heavy atom. The third-order valence-corrected chi connectivity index (χ3v) is 6.41. The van der Waals surface area contributed by atoms with Crippen LogP contribution in [0, 0.1) is 0 Å². The van der Waals surface area contributed by atoms with Gasteiger partial charge in [-0.2, -0.15) is 33.3 Å². The van der Waals surface area contributed by atoms with Gasteiger partial charge in [0, 0.05) is 17.9 Å². The monoisotopic (exact) mass is 548 g/mol. The molecule has 0 radical (unpaired) electrons. The molecule has 0 aliphatic carbocycles. The van der Waals surface area contributed by atoms with Gasteiger partial charge in [0.25, 0.3) is 5.95 Å². The van der Waals surface area contributed by atoms with Crippen molar-refractivity contribution < 1.29 is 22.7 Å². The van der Waals surface area contributed by atoms with E-state index in [1.165, 1.54) is 12.4 Å². The van der Waals surface area contributed by atoms with E-state index in [-0.39, 0.29) is 17.9 Å². The number of anilines is 4. The van der Waals surface area contributed by atoms with Crippen LogP contribution in [-0.4, -0.2) is 45.2 Å². The van der Waals surface area contributed by atoms with E-state index in [4.69, 9.17) is 16.3 Å². The van der Waals surface area contributed by atoms with E-state index in [1.54, 1.807) is 17.3 Å². The van der Waals surface area contributed by atoms with E-state index >= 15 is 0 Å². The SMILES string of the molecule is CCc1ccc(NC(=O)Nc2ccc(Cl)c(C(F)(F)F)c2)cc1NN1c2ncnc(n2)C2CN1CC(C)O2. The first-order chi connectivity index (χ1) is 18.1. The van der Waals surface area contributed by atoms with Crippen molar-refractivity contribution >= 4 is 40.6 Å². The number of carbonyl (C=O) groups excluding carboxylic acids is 1. The molecule has 2 aliphatic heterocycles. The highest BCUT2D eigenvalue weighted by atomic mass is 35.5. The number of morpholine rings is 1. The van der Waals surface area contributed by atoms with Crippen LogP contribution in [0.3, 0.4) is 0 Å². The molecule has 1 fully saturated rings. The number of hydrazine groups is 2. The number of fused-ring (bicyclic) bond motifs is 5. The standard InChI is InChI=1S/C24H24ClF3N8O2/c1-3-14-4-5-16(32-23(37)31-15-6-7-18(25)17(8-15)24(26,27)28)9-19(14)34-36-22-30-12-29-21(33-22)20-11-35(36)10-13(2)38-20/h4-9,12-13,20,34H,3,10-11H2,1-2H3,(H2,31,32,37). The van der Waals surface area contributed by atoms with Gasteiger partial charge in [0.2, 0.25) is 0 Å². The number of halogens is 4. The van der Waals surface area contributed by atoms with Crippen LogP contribution < -0.4 is 21.2 Å². The molecule has 14 heteroatoms. The molecule has 3 atom stereocenters. The van der Waals surface area contributed by atoms with Crippen molar-refractivity contribution in [1.82, 2.24) is 20.0 Å². The summed E-state index contributed by atoms with van der Waals surface area (Å²) in [4.78, 5) is 25.7. The van der Waals surface area contributed by atoms with E-state index < -0.39 is 22.8 Å². The number of nitrogens with one attached hydrogen (secondary N) is 3.